The summed E-state index contributed by atoms with van der Waals surface area (Å²) in [5, 5.41) is 4.17. The molecule has 24 heavy (non-hydrogen) atoms. The largest absolute Gasteiger partial charge is 0.474 e. The molecule has 0 bridgehead atoms. The Labute approximate surface area is 140 Å². The van der Waals surface area contributed by atoms with E-state index >= 15 is 0 Å². The van der Waals surface area contributed by atoms with E-state index in [1.54, 1.807) is 35.1 Å². The molecule has 0 saturated carbocycles. The first-order valence-electron chi connectivity index (χ1n) is 8.14. The Balaban J connectivity index is 1.36. The van der Waals surface area contributed by atoms with E-state index in [2.05, 4.69) is 10.1 Å². The van der Waals surface area contributed by atoms with Crippen LogP contribution in [0.4, 0.5) is 0 Å². The molecule has 1 unspecified atom stereocenters. The minimum absolute atomic E-state index is 0.0439. The number of pyridine rings is 1. The molecular formula is C17H20N4O3. The van der Waals surface area contributed by atoms with Crippen LogP contribution >= 0.6 is 0 Å². The molecule has 4 rings (SSSR count). The summed E-state index contributed by atoms with van der Waals surface area (Å²) < 4.78 is 13.6. The van der Waals surface area contributed by atoms with Crippen LogP contribution in [0.3, 0.4) is 0 Å². The predicted molar refractivity (Wildman–Crippen MR) is 85.7 cm³/mol. The number of hydrogen-bond donors (Lipinski definition) is 0. The van der Waals surface area contributed by atoms with Crippen molar-refractivity contribution in [1.29, 1.82) is 0 Å². The Bertz CT molecular complexity index is 724. The number of rotatable bonds is 3. The second kappa shape index (κ2) is 5.90. The fourth-order valence-corrected chi connectivity index (χ4v) is 3.38. The molecule has 2 aromatic heterocycles. The van der Waals surface area contributed by atoms with Crippen molar-refractivity contribution in [3.05, 3.63) is 42.4 Å². The second-order valence-electron chi connectivity index (χ2n) is 6.47. The van der Waals surface area contributed by atoms with Crippen molar-refractivity contribution in [2.24, 2.45) is 7.05 Å². The van der Waals surface area contributed by atoms with Crippen molar-refractivity contribution in [3.8, 4) is 5.88 Å². The minimum atomic E-state index is -0.290. The fraction of sp³-hybridized carbons (Fsp3) is 0.471. The number of likely N-dealkylation sites (tertiary alicyclic amines) is 1. The molecular weight excluding hydrogens is 308 g/mol. The van der Waals surface area contributed by atoms with E-state index in [1.807, 2.05) is 18.2 Å². The number of nitrogens with zero attached hydrogens (tertiary/aromatic N) is 4. The molecule has 2 fully saturated rings. The van der Waals surface area contributed by atoms with Crippen LogP contribution in [0.15, 0.2) is 36.7 Å². The molecule has 2 saturated heterocycles. The maximum absolute atomic E-state index is 12.4. The van der Waals surface area contributed by atoms with Crippen LogP contribution in [0.1, 0.15) is 23.3 Å². The summed E-state index contributed by atoms with van der Waals surface area (Å²) in [6.45, 7) is 1.82. The first kappa shape index (κ1) is 15.1. The van der Waals surface area contributed by atoms with Crippen molar-refractivity contribution in [2.45, 2.75) is 24.5 Å². The molecule has 0 N–H and O–H groups in total. The summed E-state index contributed by atoms with van der Waals surface area (Å²) in [4.78, 5) is 18.4. The third-order valence-corrected chi connectivity index (χ3v) is 4.55. The van der Waals surface area contributed by atoms with Crippen LogP contribution in [0, 0.1) is 0 Å². The maximum Gasteiger partial charge on any atom is 0.274 e. The van der Waals surface area contributed by atoms with E-state index in [9.17, 15) is 4.79 Å². The van der Waals surface area contributed by atoms with Gasteiger partial charge in [-0.15, -0.1) is 0 Å². The normalized spacial score (nSPS) is 22.2. The smallest absolute Gasteiger partial charge is 0.274 e. The van der Waals surface area contributed by atoms with Gasteiger partial charge in [0.1, 0.15) is 17.4 Å². The summed E-state index contributed by atoms with van der Waals surface area (Å²) >= 11 is 0. The highest BCUT2D eigenvalue weighted by Gasteiger charge is 2.50. The maximum atomic E-state index is 12.4. The first-order chi connectivity index (χ1) is 11.6. The van der Waals surface area contributed by atoms with Gasteiger partial charge in [0, 0.05) is 38.3 Å². The Morgan fingerprint density at radius 1 is 1.38 bits per heavy atom. The highest BCUT2D eigenvalue weighted by Crippen LogP contribution is 2.36. The summed E-state index contributed by atoms with van der Waals surface area (Å²) in [5.41, 5.74) is 0.187. The van der Waals surface area contributed by atoms with E-state index in [0.717, 1.165) is 12.8 Å². The number of carbonyl (C=O) groups is 1. The van der Waals surface area contributed by atoms with Crippen molar-refractivity contribution < 1.29 is 14.3 Å². The van der Waals surface area contributed by atoms with E-state index in [4.69, 9.17) is 9.47 Å². The molecule has 0 radical (unpaired) electrons. The van der Waals surface area contributed by atoms with Gasteiger partial charge in [-0.25, -0.2) is 4.98 Å². The Morgan fingerprint density at radius 2 is 2.25 bits per heavy atom. The number of amides is 1. The van der Waals surface area contributed by atoms with Crippen LogP contribution in [-0.4, -0.2) is 57.0 Å². The van der Waals surface area contributed by atoms with Crippen molar-refractivity contribution >= 4 is 5.91 Å². The Kier molecular flexibility index (Phi) is 3.72. The fourth-order valence-electron chi connectivity index (χ4n) is 3.38. The minimum Gasteiger partial charge on any atom is -0.474 e. The molecule has 4 heterocycles. The van der Waals surface area contributed by atoms with Crippen molar-refractivity contribution in [1.82, 2.24) is 19.7 Å². The summed E-state index contributed by atoms with van der Waals surface area (Å²) in [6, 6.07) is 7.38. The summed E-state index contributed by atoms with van der Waals surface area (Å²) in [6.07, 6.45) is 5.18. The molecule has 7 nitrogen and oxygen atoms in total. The zero-order chi connectivity index (χ0) is 16.6. The number of ether oxygens (including phenoxy) is 2. The monoisotopic (exact) mass is 328 g/mol. The standard InChI is InChI=1S/C17H20N4O3/c1-20-8-5-14(19-20)16(22)21-11-17(12-21)10-13(6-9-23-17)24-15-4-2-3-7-18-15/h2-5,7-8,13H,6,9-12H2,1H3. The van der Waals surface area contributed by atoms with Crippen LogP contribution in [-0.2, 0) is 11.8 Å². The molecule has 1 atom stereocenters. The summed E-state index contributed by atoms with van der Waals surface area (Å²) in [7, 11) is 1.80. The van der Waals surface area contributed by atoms with Gasteiger partial charge in [0.15, 0.2) is 0 Å². The predicted octanol–water partition coefficient (Wildman–Crippen LogP) is 1.27. The molecule has 2 aromatic rings. The zero-order valence-corrected chi connectivity index (χ0v) is 13.6. The quantitative estimate of drug-likeness (QED) is 0.849. The van der Waals surface area contributed by atoms with E-state index < -0.39 is 0 Å². The average Bonchev–Trinajstić information content (AvgIpc) is 3.00. The van der Waals surface area contributed by atoms with Gasteiger partial charge in [-0.2, -0.15) is 5.10 Å². The molecule has 126 valence electrons. The lowest BCUT2D eigenvalue weighted by atomic mass is 9.84. The highest BCUT2D eigenvalue weighted by molar-refractivity contribution is 5.93. The van der Waals surface area contributed by atoms with Gasteiger partial charge in [-0.1, -0.05) is 6.07 Å². The third kappa shape index (κ3) is 2.87. The van der Waals surface area contributed by atoms with Gasteiger partial charge in [0.05, 0.1) is 19.7 Å². The van der Waals surface area contributed by atoms with Crippen LogP contribution in [0.2, 0.25) is 0 Å². The van der Waals surface area contributed by atoms with E-state index in [1.165, 1.54) is 0 Å². The molecule has 0 aromatic carbocycles. The average molecular weight is 328 g/mol. The van der Waals surface area contributed by atoms with Gasteiger partial charge >= 0.3 is 0 Å². The third-order valence-electron chi connectivity index (χ3n) is 4.55. The summed E-state index contributed by atoms with van der Waals surface area (Å²) in [5.74, 6) is 0.595. The lowest BCUT2D eigenvalue weighted by Gasteiger charge is -2.52. The second-order valence-corrected chi connectivity index (χ2v) is 6.47. The molecule has 1 amide bonds. The van der Waals surface area contributed by atoms with Crippen LogP contribution < -0.4 is 4.74 Å². The topological polar surface area (TPSA) is 69.5 Å². The molecule has 7 heteroatoms. The van der Waals surface area contributed by atoms with Crippen LogP contribution in [0.5, 0.6) is 5.88 Å². The molecule has 1 spiro atoms. The van der Waals surface area contributed by atoms with E-state index in [-0.39, 0.29) is 17.6 Å². The molecule has 2 aliphatic heterocycles. The number of hydrogen-bond acceptors (Lipinski definition) is 5. The van der Waals surface area contributed by atoms with Crippen LogP contribution in [0.25, 0.3) is 0 Å². The molecule has 2 aliphatic rings. The number of aromatic nitrogens is 3. The van der Waals surface area contributed by atoms with Crippen molar-refractivity contribution in [3.63, 3.8) is 0 Å². The van der Waals surface area contributed by atoms with Gasteiger partial charge in [-0.05, 0) is 12.1 Å². The lowest BCUT2D eigenvalue weighted by Crippen LogP contribution is -2.67. The SMILES string of the molecule is Cn1ccc(C(=O)N2CC3(CC(Oc4ccccn4)CCO3)C2)n1. The first-order valence-corrected chi connectivity index (χ1v) is 8.14. The Hall–Kier alpha value is -2.41. The van der Waals surface area contributed by atoms with Gasteiger partial charge in [0.2, 0.25) is 5.88 Å². The van der Waals surface area contributed by atoms with Crippen molar-refractivity contribution in [2.75, 3.05) is 19.7 Å². The number of carbonyl (C=O) groups excluding carboxylic acids is 1. The van der Waals surface area contributed by atoms with E-state index in [0.29, 0.717) is 31.3 Å². The molecule has 0 aliphatic carbocycles. The Morgan fingerprint density at radius 3 is 2.96 bits per heavy atom. The van der Waals surface area contributed by atoms with Gasteiger partial charge < -0.3 is 14.4 Å². The lowest BCUT2D eigenvalue weighted by molar-refractivity contribution is -0.174. The van der Waals surface area contributed by atoms with Gasteiger partial charge in [0.25, 0.3) is 5.91 Å². The van der Waals surface area contributed by atoms with Gasteiger partial charge in [-0.3, -0.25) is 9.48 Å². The zero-order valence-electron chi connectivity index (χ0n) is 13.6. The number of aryl methyl sites for hydroxylation is 1. The highest BCUT2D eigenvalue weighted by atomic mass is 16.5.